The number of hydrogen-bond acceptors (Lipinski definition) is 9. The molecule has 11 nitrogen and oxygen atoms in total. The van der Waals surface area contributed by atoms with Crippen molar-refractivity contribution in [2.45, 2.75) is 0 Å². The van der Waals surface area contributed by atoms with Crippen LogP contribution in [0.5, 0.6) is 0 Å². The van der Waals surface area contributed by atoms with Gasteiger partial charge in [0.05, 0.1) is 14.2 Å². The maximum absolute atomic E-state index is 11.7. The van der Waals surface area contributed by atoms with Gasteiger partial charge in [0.1, 0.15) is 0 Å². The van der Waals surface area contributed by atoms with Gasteiger partial charge in [-0.15, -0.1) is 9.81 Å². The van der Waals surface area contributed by atoms with E-state index < -0.39 is 10.5 Å². The number of quaternary nitrogens is 2. The second-order valence-corrected chi connectivity index (χ2v) is 4.75. The van der Waals surface area contributed by atoms with E-state index in [-0.39, 0.29) is 22.7 Å². The first kappa shape index (κ1) is 18.5. The van der Waals surface area contributed by atoms with Crippen molar-refractivity contribution in [3.63, 3.8) is 0 Å². The van der Waals surface area contributed by atoms with Crippen molar-refractivity contribution in [1.29, 1.82) is 0 Å². The molecule has 0 aliphatic heterocycles. The fourth-order valence-corrected chi connectivity index (χ4v) is 2.10. The lowest BCUT2D eigenvalue weighted by atomic mass is 10.2. The smallest absolute Gasteiger partial charge is 0.195 e. The molecule has 2 atom stereocenters. The summed E-state index contributed by atoms with van der Waals surface area (Å²) in [7, 11) is 2.38. The van der Waals surface area contributed by atoms with Crippen LogP contribution < -0.4 is 15.8 Å². The molecular formula is C14H15N5O6. The fraction of sp³-hybridized carbons (Fsp3) is 0.143. The quantitative estimate of drug-likeness (QED) is 0.482. The van der Waals surface area contributed by atoms with E-state index in [1.54, 1.807) is 0 Å². The normalized spacial score (nSPS) is 13.1. The van der Waals surface area contributed by atoms with Gasteiger partial charge in [0.2, 0.25) is 0 Å². The molecule has 25 heavy (non-hydrogen) atoms. The van der Waals surface area contributed by atoms with E-state index in [1.165, 1.54) is 50.6 Å². The molecule has 2 aromatic rings. The van der Waals surface area contributed by atoms with Crippen LogP contribution in [0, 0.1) is 20.2 Å². The molecule has 2 aromatic carbocycles. The Balaban J connectivity index is 2.33. The highest BCUT2D eigenvalue weighted by Crippen LogP contribution is 2.30. The second kappa shape index (κ2) is 8.34. The summed E-state index contributed by atoms with van der Waals surface area (Å²) in [5.41, 5.74) is 0.728. The Labute approximate surface area is 141 Å². The minimum absolute atomic E-state index is 0.0117. The number of nitroso groups, excluding NO2 is 2. The number of hydrogen-bond donors (Lipinski definition) is 3. The molecule has 2 unspecified atom stereocenters. The average Bonchev–Trinajstić information content (AvgIpc) is 2.66. The summed E-state index contributed by atoms with van der Waals surface area (Å²) in [5, 5.41) is 30.4. The van der Waals surface area contributed by atoms with Crippen molar-refractivity contribution in [2.24, 2.45) is 10.4 Å². The van der Waals surface area contributed by atoms with Gasteiger partial charge >= 0.3 is 0 Å². The van der Waals surface area contributed by atoms with E-state index >= 15 is 0 Å². The summed E-state index contributed by atoms with van der Waals surface area (Å²) in [6.07, 6.45) is 0. The van der Waals surface area contributed by atoms with Crippen LogP contribution in [0.25, 0.3) is 0 Å². The molecule has 0 fully saturated rings. The maximum Gasteiger partial charge on any atom is 0.195 e. The van der Waals surface area contributed by atoms with Gasteiger partial charge in [0, 0.05) is 23.5 Å². The Bertz CT molecular complexity index is 771. The SMILES string of the molecule is CO[NH+]([O-])c1ccc(Nc2ccc(N=O)c([NH+]([O-])OC)c2)cc1N=O. The first-order chi connectivity index (χ1) is 12.0. The zero-order valence-electron chi connectivity index (χ0n) is 13.3. The number of rotatable bonds is 8. The van der Waals surface area contributed by atoms with E-state index in [1.807, 2.05) is 0 Å². The minimum Gasteiger partial charge on any atom is -0.595 e. The monoisotopic (exact) mass is 349 g/mol. The summed E-state index contributed by atoms with van der Waals surface area (Å²) >= 11 is 0. The lowest BCUT2D eigenvalue weighted by molar-refractivity contribution is -0.992. The van der Waals surface area contributed by atoms with Crippen LogP contribution in [0.3, 0.4) is 0 Å². The van der Waals surface area contributed by atoms with Gasteiger partial charge < -0.3 is 15.7 Å². The van der Waals surface area contributed by atoms with Crippen molar-refractivity contribution in [2.75, 3.05) is 19.5 Å². The molecule has 2 rings (SSSR count). The Morgan fingerprint density at radius 2 is 1.40 bits per heavy atom. The van der Waals surface area contributed by atoms with Crippen LogP contribution in [0.4, 0.5) is 34.1 Å². The molecule has 0 aliphatic rings. The predicted octanol–water partition coefficient (Wildman–Crippen LogP) is 1.38. The van der Waals surface area contributed by atoms with E-state index in [9.17, 15) is 20.2 Å². The lowest BCUT2D eigenvalue weighted by Gasteiger charge is -2.19. The Hall–Kier alpha value is -2.80. The van der Waals surface area contributed by atoms with Crippen molar-refractivity contribution < 1.29 is 20.1 Å². The van der Waals surface area contributed by atoms with Gasteiger partial charge in [-0.1, -0.05) is 0 Å². The molecule has 132 valence electrons. The lowest BCUT2D eigenvalue weighted by Crippen LogP contribution is -3.00. The summed E-state index contributed by atoms with van der Waals surface area (Å²) in [6.45, 7) is 0. The Kier molecular flexibility index (Phi) is 6.19. The molecule has 0 amide bonds. The maximum atomic E-state index is 11.7. The molecule has 0 saturated carbocycles. The van der Waals surface area contributed by atoms with Crippen LogP contribution in [0.15, 0.2) is 46.8 Å². The third-order valence-corrected chi connectivity index (χ3v) is 3.29. The van der Waals surface area contributed by atoms with E-state index in [0.29, 0.717) is 11.4 Å². The highest BCUT2D eigenvalue weighted by atomic mass is 16.9. The predicted molar refractivity (Wildman–Crippen MR) is 89.1 cm³/mol. The number of nitrogens with one attached hydrogen (secondary N) is 3. The molecular weight excluding hydrogens is 334 g/mol. The first-order valence-electron chi connectivity index (χ1n) is 6.92. The van der Waals surface area contributed by atoms with Gasteiger partial charge in [-0.2, -0.15) is 10.5 Å². The van der Waals surface area contributed by atoms with Gasteiger partial charge in [-0.3, -0.25) is 0 Å². The number of nitrogens with zero attached hydrogens (tertiary/aromatic N) is 2. The van der Waals surface area contributed by atoms with Crippen molar-refractivity contribution >= 4 is 34.1 Å². The van der Waals surface area contributed by atoms with E-state index in [4.69, 9.17) is 0 Å². The van der Waals surface area contributed by atoms with Crippen molar-refractivity contribution in [3.05, 3.63) is 56.6 Å². The fourth-order valence-electron chi connectivity index (χ4n) is 2.10. The van der Waals surface area contributed by atoms with Crippen LogP contribution in [-0.4, -0.2) is 14.2 Å². The largest absolute Gasteiger partial charge is 0.595 e. The molecule has 0 aromatic heterocycles. The number of benzene rings is 2. The van der Waals surface area contributed by atoms with Crippen molar-refractivity contribution in [3.8, 4) is 0 Å². The third kappa shape index (κ3) is 4.19. The number of anilines is 2. The van der Waals surface area contributed by atoms with Gasteiger partial charge in [0.25, 0.3) is 0 Å². The summed E-state index contributed by atoms with van der Waals surface area (Å²) in [6, 6.07) is 8.51. The molecule has 0 bridgehead atoms. The standard InChI is InChI=1S/C14H15N5O6/c1-24-18(22)13-6-4-9(7-12(13)17-21)15-10-3-5-11(16-20)14(8-10)19(23)25-2/h3-8,15,18-19H,1-2H3. The van der Waals surface area contributed by atoms with Crippen LogP contribution in [0.1, 0.15) is 0 Å². The van der Waals surface area contributed by atoms with Gasteiger partial charge in [-0.05, 0) is 34.6 Å². The Morgan fingerprint density at radius 1 is 0.840 bits per heavy atom. The molecule has 0 radical (unpaired) electrons. The highest BCUT2D eigenvalue weighted by Gasteiger charge is 2.15. The minimum atomic E-state index is -0.713. The van der Waals surface area contributed by atoms with Crippen LogP contribution in [-0.2, 0) is 9.68 Å². The third-order valence-electron chi connectivity index (χ3n) is 3.29. The molecule has 0 saturated heterocycles. The van der Waals surface area contributed by atoms with Crippen LogP contribution >= 0.6 is 0 Å². The average molecular weight is 349 g/mol. The zero-order valence-corrected chi connectivity index (χ0v) is 13.3. The van der Waals surface area contributed by atoms with Gasteiger partial charge in [0.15, 0.2) is 22.7 Å². The zero-order chi connectivity index (χ0) is 18.4. The van der Waals surface area contributed by atoms with Crippen molar-refractivity contribution in [1.82, 2.24) is 0 Å². The highest BCUT2D eigenvalue weighted by molar-refractivity contribution is 5.72. The van der Waals surface area contributed by atoms with Gasteiger partial charge in [-0.25, -0.2) is 9.68 Å². The van der Waals surface area contributed by atoms with E-state index in [0.717, 1.165) is 0 Å². The van der Waals surface area contributed by atoms with Crippen LogP contribution in [0.2, 0.25) is 0 Å². The molecule has 0 aliphatic carbocycles. The second-order valence-electron chi connectivity index (χ2n) is 4.75. The molecule has 0 spiro atoms. The molecule has 0 heterocycles. The van der Waals surface area contributed by atoms with E-state index in [2.05, 4.69) is 25.3 Å². The molecule has 11 heteroatoms. The first-order valence-corrected chi connectivity index (χ1v) is 6.92. The molecule has 3 N–H and O–H groups in total. The summed E-state index contributed by atoms with van der Waals surface area (Å²) in [5.74, 6) is 0. The summed E-state index contributed by atoms with van der Waals surface area (Å²) < 4.78 is 0. The summed E-state index contributed by atoms with van der Waals surface area (Å²) in [4.78, 5) is 30.9. The Morgan fingerprint density at radius 3 is 2.00 bits per heavy atom. The topological polar surface area (TPSA) is 144 Å².